The quantitative estimate of drug-likeness (QED) is 0.464. The van der Waals surface area contributed by atoms with E-state index in [1.54, 1.807) is 12.1 Å². The summed E-state index contributed by atoms with van der Waals surface area (Å²) in [6.45, 7) is 4.73. The van der Waals surface area contributed by atoms with E-state index in [1.165, 1.54) is 12.1 Å². The fraction of sp³-hybridized carbons (Fsp3) is 0.440. The van der Waals surface area contributed by atoms with Gasteiger partial charge in [-0.15, -0.1) is 0 Å². The molecule has 2 atom stereocenters. The molecule has 9 heteroatoms. The van der Waals surface area contributed by atoms with Crippen LogP contribution in [0.1, 0.15) is 67.9 Å². The first-order chi connectivity index (χ1) is 15.7. The minimum Gasteiger partial charge on any atom is -0.426 e. The Hall–Kier alpha value is -2.91. The number of benzene rings is 2. The molecule has 1 saturated carbocycles. The molecule has 0 heterocycles. The van der Waals surface area contributed by atoms with Crippen molar-refractivity contribution in [3.63, 3.8) is 0 Å². The minimum absolute atomic E-state index is 0.0868. The average molecular weight is 479 g/mol. The highest BCUT2D eigenvalue weighted by atomic mass is 19.4. The van der Waals surface area contributed by atoms with E-state index in [0.717, 1.165) is 32.3 Å². The van der Waals surface area contributed by atoms with Crippen molar-refractivity contribution in [1.29, 1.82) is 0 Å². The van der Waals surface area contributed by atoms with Crippen LogP contribution in [0.15, 0.2) is 42.5 Å². The maximum Gasteiger partial charge on any atom is 0.416 e. The summed E-state index contributed by atoms with van der Waals surface area (Å²) >= 11 is 0. The number of alkyl halides is 3. The van der Waals surface area contributed by atoms with Gasteiger partial charge >= 0.3 is 18.1 Å². The predicted molar refractivity (Wildman–Crippen MR) is 118 cm³/mol. The highest BCUT2D eigenvalue weighted by molar-refractivity contribution is 5.95. The molecule has 0 aliphatic heterocycles. The second-order valence-corrected chi connectivity index (χ2v) is 9.26. The van der Waals surface area contributed by atoms with Gasteiger partial charge in [0.15, 0.2) is 0 Å². The van der Waals surface area contributed by atoms with Gasteiger partial charge in [0.2, 0.25) is 0 Å². The van der Waals surface area contributed by atoms with Gasteiger partial charge < -0.3 is 20.3 Å². The number of carbonyl (C=O) groups excluding carboxylic acids is 2. The zero-order valence-corrected chi connectivity index (χ0v) is 19.2. The lowest BCUT2D eigenvalue weighted by Gasteiger charge is -2.47. The number of carbonyl (C=O) groups is 2. The van der Waals surface area contributed by atoms with Gasteiger partial charge in [0.1, 0.15) is 17.1 Å². The molecule has 2 aromatic rings. The van der Waals surface area contributed by atoms with Gasteiger partial charge in [-0.05, 0) is 62.6 Å². The average Bonchev–Trinajstić information content (AvgIpc) is 2.72. The zero-order valence-electron chi connectivity index (χ0n) is 19.2. The van der Waals surface area contributed by atoms with E-state index in [9.17, 15) is 27.9 Å². The maximum atomic E-state index is 13.1. The number of ether oxygens (including phenoxy) is 2. The van der Waals surface area contributed by atoms with E-state index in [-0.39, 0.29) is 17.2 Å². The van der Waals surface area contributed by atoms with Crippen molar-refractivity contribution in [1.82, 2.24) is 0 Å². The van der Waals surface area contributed by atoms with E-state index in [0.29, 0.717) is 24.1 Å². The summed E-state index contributed by atoms with van der Waals surface area (Å²) in [6.07, 6.45) is -1.71. The van der Waals surface area contributed by atoms with Crippen LogP contribution in [0, 0.1) is 5.92 Å². The highest BCUT2D eigenvalue weighted by Gasteiger charge is 2.46. The molecule has 0 spiro atoms. The first-order valence-electron chi connectivity index (χ1n) is 11.0. The van der Waals surface area contributed by atoms with E-state index in [2.05, 4.69) is 0 Å². The van der Waals surface area contributed by atoms with Crippen molar-refractivity contribution < 1.29 is 37.3 Å². The van der Waals surface area contributed by atoms with Crippen molar-refractivity contribution in [2.24, 2.45) is 11.7 Å². The molecule has 0 aromatic heterocycles. The third-order valence-electron chi connectivity index (χ3n) is 6.10. The van der Waals surface area contributed by atoms with Crippen LogP contribution in [0.5, 0.6) is 11.5 Å². The largest absolute Gasteiger partial charge is 0.426 e. The SMILES string of the molecule is CC(=O)Oc1cc(C(F)(F)F)ccc1C(=O)Oc1cccc(C2(O)CCCCC2C(C)(C)N)c1. The smallest absolute Gasteiger partial charge is 0.416 e. The summed E-state index contributed by atoms with van der Waals surface area (Å²) in [7, 11) is 0. The van der Waals surface area contributed by atoms with Crippen molar-refractivity contribution in [3.8, 4) is 11.5 Å². The fourth-order valence-electron chi connectivity index (χ4n) is 4.59. The van der Waals surface area contributed by atoms with Crippen LogP contribution in [-0.2, 0) is 16.6 Å². The van der Waals surface area contributed by atoms with Crippen LogP contribution in [0.25, 0.3) is 0 Å². The molecular formula is C25H28F3NO5. The first-order valence-corrected chi connectivity index (χ1v) is 11.0. The summed E-state index contributed by atoms with van der Waals surface area (Å²) in [4.78, 5) is 24.2. The van der Waals surface area contributed by atoms with Gasteiger partial charge in [-0.3, -0.25) is 4.79 Å². The lowest BCUT2D eigenvalue weighted by Crippen LogP contribution is -2.53. The molecule has 0 radical (unpaired) electrons. The Kier molecular flexibility index (Phi) is 7.10. The number of rotatable bonds is 5. The van der Waals surface area contributed by atoms with Gasteiger partial charge in [0.05, 0.1) is 11.2 Å². The first kappa shape index (κ1) is 25.7. The zero-order chi connectivity index (χ0) is 25.3. The van der Waals surface area contributed by atoms with Gasteiger partial charge in [-0.2, -0.15) is 13.2 Å². The van der Waals surface area contributed by atoms with Gasteiger partial charge in [0.25, 0.3) is 0 Å². The van der Waals surface area contributed by atoms with Crippen molar-refractivity contribution >= 4 is 11.9 Å². The summed E-state index contributed by atoms with van der Waals surface area (Å²) in [5.74, 6) is -2.59. The molecule has 184 valence electrons. The van der Waals surface area contributed by atoms with Crippen LogP contribution >= 0.6 is 0 Å². The molecule has 2 aromatic carbocycles. The van der Waals surface area contributed by atoms with Crippen molar-refractivity contribution in [2.45, 2.75) is 63.8 Å². The standard InChI is InChI=1S/C25H28F3NO5/c1-15(30)33-20-14-17(25(26,27)28)10-11-19(20)22(31)34-18-8-6-7-16(13-18)24(32)12-5-4-9-21(24)23(2,3)29/h6-8,10-11,13-14,21,32H,4-5,9,12,29H2,1-3H3. The minimum atomic E-state index is -4.69. The molecule has 3 N–H and O–H groups in total. The molecule has 34 heavy (non-hydrogen) atoms. The molecule has 1 aliphatic rings. The lowest BCUT2D eigenvalue weighted by molar-refractivity contribution is -0.138. The molecule has 2 unspecified atom stereocenters. The summed E-state index contributed by atoms with van der Waals surface area (Å²) in [5, 5.41) is 11.6. The van der Waals surface area contributed by atoms with Gasteiger partial charge in [-0.1, -0.05) is 25.0 Å². The number of halogens is 3. The van der Waals surface area contributed by atoms with E-state index in [1.807, 2.05) is 13.8 Å². The Labute approximate surface area is 195 Å². The molecule has 0 amide bonds. The number of esters is 2. The van der Waals surface area contributed by atoms with Gasteiger partial charge in [-0.25, -0.2) is 4.79 Å². The molecule has 0 saturated heterocycles. The van der Waals surface area contributed by atoms with Gasteiger partial charge in [0, 0.05) is 18.4 Å². The number of nitrogens with two attached hydrogens (primary N) is 1. The molecule has 3 rings (SSSR count). The Morgan fingerprint density at radius 2 is 1.79 bits per heavy atom. The second-order valence-electron chi connectivity index (χ2n) is 9.26. The topological polar surface area (TPSA) is 98.9 Å². The van der Waals surface area contributed by atoms with Crippen molar-refractivity contribution in [2.75, 3.05) is 0 Å². The monoisotopic (exact) mass is 479 g/mol. The predicted octanol–water partition coefficient (Wildman–Crippen LogP) is 4.97. The third-order valence-corrected chi connectivity index (χ3v) is 6.10. The van der Waals surface area contributed by atoms with Crippen LogP contribution in [0.4, 0.5) is 13.2 Å². The Morgan fingerprint density at radius 3 is 2.41 bits per heavy atom. The summed E-state index contributed by atoms with van der Waals surface area (Å²) < 4.78 is 49.4. The molecule has 0 bridgehead atoms. The number of hydrogen-bond acceptors (Lipinski definition) is 6. The van der Waals surface area contributed by atoms with E-state index < -0.39 is 40.6 Å². The molecular weight excluding hydrogens is 451 g/mol. The lowest BCUT2D eigenvalue weighted by atomic mass is 9.64. The third kappa shape index (κ3) is 5.59. The number of aliphatic hydroxyl groups is 1. The Morgan fingerprint density at radius 1 is 1.09 bits per heavy atom. The highest BCUT2D eigenvalue weighted by Crippen LogP contribution is 2.46. The second kappa shape index (κ2) is 9.38. The summed E-state index contributed by atoms with van der Waals surface area (Å²) in [5.41, 5.74) is 3.59. The summed E-state index contributed by atoms with van der Waals surface area (Å²) in [6, 6.07) is 8.54. The normalized spacial score (nSPS) is 21.1. The maximum absolute atomic E-state index is 13.1. The fourth-order valence-corrected chi connectivity index (χ4v) is 4.59. The Balaban J connectivity index is 1.92. The van der Waals surface area contributed by atoms with Crippen LogP contribution < -0.4 is 15.2 Å². The molecule has 1 aliphatic carbocycles. The van der Waals surface area contributed by atoms with Crippen LogP contribution in [-0.4, -0.2) is 22.6 Å². The van der Waals surface area contributed by atoms with Crippen LogP contribution in [0.2, 0.25) is 0 Å². The molecule has 1 fully saturated rings. The number of hydrogen-bond donors (Lipinski definition) is 2. The Bertz CT molecular complexity index is 1080. The van der Waals surface area contributed by atoms with E-state index in [4.69, 9.17) is 15.2 Å². The molecule has 6 nitrogen and oxygen atoms in total. The van der Waals surface area contributed by atoms with E-state index >= 15 is 0 Å². The van der Waals surface area contributed by atoms with Crippen molar-refractivity contribution in [3.05, 3.63) is 59.2 Å². The van der Waals surface area contributed by atoms with Crippen LogP contribution in [0.3, 0.4) is 0 Å².